The molecule has 2 rings (SSSR count). The highest BCUT2D eigenvalue weighted by Gasteiger charge is 2.18. The Morgan fingerprint density at radius 2 is 2.19 bits per heavy atom. The largest absolute Gasteiger partial charge is 0.496 e. The molecule has 1 heterocycles. The second kappa shape index (κ2) is 8.82. The first-order valence-electron chi connectivity index (χ1n) is 7.46. The van der Waals surface area contributed by atoms with E-state index in [1.165, 1.54) is 0 Å². The molecule has 1 saturated heterocycles. The second-order valence-electron chi connectivity index (χ2n) is 5.18. The Kier molecular flexibility index (Phi) is 6.73. The van der Waals surface area contributed by atoms with Gasteiger partial charge in [-0.1, -0.05) is 30.4 Å². The van der Waals surface area contributed by atoms with Crippen LogP contribution in [0.5, 0.6) is 5.75 Å². The summed E-state index contributed by atoms with van der Waals surface area (Å²) in [6.45, 7) is 4.46. The van der Waals surface area contributed by atoms with Crippen LogP contribution in [0.2, 0.25) is 0 Å². The minimum absolute atomic E-state index is 0.290. The van der Waals surface area contributed by atoms with E-state index in [0.717, 1.165) is 50.6 Å². The third kappa shape index (κ3) is 5.16. The van der Waals surface area contributed by atoms with Crippen molar-refractivity contribution in [1.29, 1.82) is 0 Å². The second-order valence-corrected chi connectivity index (χ2v) is 5.18. The van der Waals surface area contributed by atoms with Crippen molar-refractivity contribution in [3.8, 4) is 5.75 Å². The fourth-order valence-corrected chi connectivity index (χ4v) is 2.50. The molecule has 116 valence electrons. The lowest BCUT2D eigenvalue weighted by Crippen LogP contribution is -2.42. The van der Waals surface area contributed by atoms with Crippen LogP contribution >= 0.6 is 0 Å². The van der Waals surface area contributed by atoms with E-state index in [0.29, 0.717) is 6.10 Å². The molecule has 0 aliphatic carbocycles. The van der Waals surface area contributed by atoms with Gasteiger partial charge in [-0.2, -0.15) is 0 Å². The lowest BCUT2D eigenvalue weighted by Gasteiger charge is -2.32. The molecule has 1 aromatic rings. The van der Waals surface area contributed by atoms with Crippen LogP contribution in [0.1, 0.15) is 12.0 Å². The summed E-state index contributed by atoms with van der Waals surface area (Å²) in [6, 6.07) is 8.06. The van der Waals surface area contributed by atoms with Crippen LogP contribution < -0.4 is 4.74 Å². The highest BCUT2D eigenvalue weighted by Crippen LogP contribution is 2.18. The first kappa shape index (κ1) is 16.0. The highest BCUT2D eigenvalue weighted by atomic mass is 16.5. The van der Waals surface area contributed by atoms with E-state index in [4.69, 9.17) is 14.2 Å². The number of hydrogen-bond acceptors (Lipinski definition) is 4. The van der Waals surface area contributed by atoms with Crippen LogP contribution in [-0.4, -0.2) is 58.1 Å². The van der Waals surface area contributed by atoms with Crippen LogP contribution in [0.4, 0.5) is 0 Å². The van der Waals surface area contributed by atoms with Gasteiger partial charge in [-0.05, 0) is 12.5 Å². The van der Waals surface area contributed by atoms with Gasteiger partial charge in [0.15, 0.2) is 0 Å². The molecule has 1 unspecified atom stereocenters. The number of hydrogen-bond donors (Lipinski definition) is 0. The van der Waals surface area contributed by atoms with Crippen molar-refractivity contribution in [1.82, 2.24) is 4.90 Å². The molecular formula is C17H25NO3. The van der Waals surface area contributed by atoms with Gasteiger partial charge in [-0.3, -0.25) is 4.90 Å². The predicted molar refractivity (Wildman–Crippen MR) is 84.7 cm³/mol. The van der Waals surface area contributed by atoms with Crippen molar-refractivity contribution < 1.29 is 14.2 Å². The first-order valence-corrected chi connectivity index (χ1v) is 7.46. The molecule has 1 fully saturated rings. The quantitative estimate of drug-likeness (QED) is 0.772. The van der Waals surface area contributed by atoms with Crippen LogP contribution in [0.25, 0.3) is 6.08 Å². The number of para-hydroxylation sites is 1. The van der Waals surface area contributed by atoms with Crippen molar-refractivity contribution in [2.75, 3.05) is 47.1 Å². The molecule has 0 amide bonds. The van der Waals surface area contributed by atoms with Crippen molar-refractivity contribution in [2.24, 2.45) is 0 Å². The molecule has 1 aliphatic rings. The van der Waals surface area contributed by atoms with Crippen LogP contribution in [0.3, 0.4) is 0 Å². The molecule has 0 N–H and O–H groups in total. The standard InChI is InChI=1S/C17H25NO3/c1-19-12-9-16-14-18(11-13-21-16)10-5-7-15-6-3-4-8-17(15)20-2/h3-8,16H,9-14H2,1-2H3/b7-5+. The van der Waals surface area contributed by atoms with Crippen molar-refractivity contribution in [3.63, 3.8) is 0 Å². The lowest BCUT2D eigenvalue weighted by atomic mass is 10.1. The van der Waals surface area contributed by atoms with Gasteiger partial charge >= 0.3 is 0 Å². The van der Waals surface area contributed by atoms with Gasteiger partial charge in [0.1, 0.15) is 5.75 Å². The number of morpholine rings is 1. The monoisotopic (exact) mass is 291 g/mol. The summed E-state index contributed by atoms with van der Waals surface area (Å²) in [5.41, 5.74) is 1.11. The molecule has 1 aliphatic heterocycles. The summed E-state index contributed by atoms with van der Waals surface area (Å²) in [4.78, 5) is 2.41. The number of ether oxygens (including phenoxy) is 3. The number of rotatable bonds is 7. The third-order valence-electron chi connectivity index (χ3n) is 3.67. The Bertz CT molecular complexity index is 447. The normalized spacial score (nSPS) is 20.0. The van der Waals surface area contributed by atoms with Gasteiger partial charge in [0, 0.05) is 38.9 Å². The summed E-state index contributed by atoms with van der Waals surface area (Å²) in [5.74, 6) is 0.911. The van der Waals surface area contributed by atoms with Crippen LogP contribution in [0, 0.1) is 0 Å². The van der Waals surface area contributed by atoms with Crippen molar-refractivity contribution >= 4 is 6.08 Å². The van der Waals surface area contributed by atoms with E-state index in [1.54, 1.807) is 14.2 Å². The van der Waals surface area contributed by atoms with Gasteiger partial charge in [0.25, 0.3) is 0 Å². The van der Waals surface area contributed by atoms with Crippen molar-refractivity contribution in [3.05, 3.63) is 35.9 Å². The zero-order chi connectivity index (χ0) is 14.9. The molecule has 4 heteroatoms. The van der Waals surface area contributed by atoms with E-state index in [-0.39, 0.29) is 0 Å². The maximum Gasteiger partial charge on any atom is 0.126 e. The third-order valence-corrected chi connectivity index (χ3v) is 3.67. The van der Waals surface area contributed by atoms with Gasteiger partial charge in [-0.25, -0.2) is 0 Å². The highest BCUT2D eigenvalue weighted by molar-refractivity contribution is 5.57. The Morgan fingerprint density at radius 3 is 3.00 bits per heavy atom. The Balaban J connectivity index is 1.83. The SMILES string of the molecule is COCCC1CN(C/C=C/c2ccccc2OC)CCO1. The van der Waals surface area contributed by atoms with Crippen LogP contribution in [-0.2, 0) is 9.47 Å². The predicted octanol–water partition coefficient (Wildman–Crippen LogP) is 2.45. The fourth-order valence-electron chi connectivity index (χ4n) is 2.50. The molecule has 0 saturated carbocycles. The molecule has 21 heavy (non-hydrogen) atoms. The lowest BCUT2D eigenvalue weighted by molar-refractivity contribution is -0.0371. The van der Waals surface area contributed by atoms with Gasteiger partial charge in [0.2, 0.25) is 0 Å². The Labute approximate surface area is 127 Å². The van der Waals surface area contributed by atoms with Gasteiger partial charge in [0.05, 0.1) is 19.8 Å². The molecule has 0 aromatic heterocycles. The zero-order valence-electron chi connectivity index (χ0n) is 13.0. The Morgan fingerprint density at radius 1 is 1.33 bits per heavy atom. The summed E-state index contributed by atoms with van der Waals surface area (Å²) in [7, 11) is 3.44. The molecule has 1 aromatic carbocycles. The van der Waals surface area contributed by atoms with E-state index in [2.05, 4.69) is 23.1 Å². The molecule has 0 radical (unpaired) electrons. The van der Waals surface area contributed by atoms with E-state index in [9.17, 15) is 0 Å². The summed E-state index contributed by atoms with van der Waals surface area (Å²) in [5, 5.41) is 0. The minimum atomic E-state index is 0.290. The first-order chi connectivity index (χ1) is 10.3. The number of methoxy groups -OCH3 is 2. The maximum atomic E-state index is 5.75. The zero-order valence-corrected chi connectivity index (χ0v) is 13.0. The maximum absolute atomic E-state index is 5.75. The average Bonchev–Trinajstić information content (AvgIpc) is 2.54. The van der Waals surface area contributed by atoms with E-state index >= 15 is 0 Å². The summed E-state index contributed by atoms with van der Waals surface area (Å²) in [6.07, 6.45) is 5.57. The average molecular weight is 291 g/mol. The molecule has 0 spiro atoms. The van der Waals surface area contributed by atoms with Gasteiger partial charge < -0.3 is 14.2 Å². The van der Waals surface area contributed by atoms with Gasteiger partial charge in [-0.15, -0.1) is 0 Å². The summed E-state index contributed by atoms with van der Waals surface area (Å²) < 4.78 is 16.2. The molecular weight excluding hydrogens is 266 g/mol. The fraction of sp³-hybridized carbons (Fsp3) is 0.529. The topological polar surface area (TPSA) is 30.9 Å². The molecule has 0 bridgehead atoms. The van der Waals surface area contributed by atoms with E-state index < -0.39 is 0 Å². The molecule has 4 nitrogen and oxygen atoms in total. The number of benzene rings is 1. The Hall–Kier alpha value is -1.36. The smallest absolute Gasteiger partial charge is 0.126 e. The minimum Gasteiger partial charge on any atom is -0.496 e. The van der Waals surface area contributed by atoms with Crippen LogP contribution in [0.15, 0.2) is 30.3 Å². The van der Waals surface area contributed by atoms with E-state index in [1.807, 2.05) is 18.2 Å². The number of nitrogens with zero attached hydrogens (tertiary/aromatic N) is 1. The van der Waals surface area contributed by atoms with Crippen molar-refractivity contribution in [2.45, 2.75) is 12.5 Å². The molecule has 1 atom stereocenters. The summed E-state index contributed by atoms with van der Waals surface area (Å²) >= 11 is 0.